The van der Waals surface area contributed by atoms with Crippen molar-refractivity contribution in [1.82, 2.24) is 0 Å². The predicted molar refractivity (Wildman–Crippen MR) is 101 cm³/mol. The highest BCUT2D eigenvalue weighted by Crippen LogP contribution is 2.30. The molecule has 1 heterocycles. The van der Waals surface area contributed by atoms with Crippen molar-refractivity contribution in [3.8, 4) is 5.75 Å². The van der Waals surface area contributed by atoms with Crippen LogP contribution >= 0.6 is 0 Å². The molecule has 0 spiro atoms. The number of nitrogens with one attached hydrogen (secondary N) is 1. The van der Waals surface area contributed by atoms with Gasteiger partial charge in [0, 0.05) is 24.3 Å². The fourth-order valence-corrected chi connectivity index (χ4v) is 4.38. The topological polar surface area (TPSA) is 75.7 Å². The van der Waals surface area contributed by atoms with E-state index in [-0.39, 0.29) is 16.6 Å². The number of hydrogen-bond acceptors (Lipinski definition) is 4. The van der Waals surface area contributed by atoms with E-state index in [1.54, 1.807) is 23.1 Å². The highest BCUT2D eigenvalue weighted by atomic mass is 32.2. The summed E-state index contributed by atoms with van der Waals surface area (Å²) in [7, 11) is -2.72. The third-order valence-corrected chi connectivity index (χ3v) is 5.88. The third-order valence-electron chi connectivity index (χ3n) is 4.48. The first kappa shape index (κ1) is 19.2. The van der Waals surface area contributed by atoms with Crippen LogP contribution in [0.2, 0.25) is 0 Å². The minimum absolute atomic E-state index is 0.0520. The number of benzene rings is 2. The van der Waals surface area contributed by atoms with Crippen LogP contribution in [0.5, 0.6) is 5.75 Å². The van der Waals surface area contributed by atoms with Crippen molar-refractivity contribution < 1.29 is 22.3 Å². The number of amides is 1. The first-order valence-corrected chi connectivity index (χ1v) is 10.1. The van der Waals surface area contributed by atoms with Gasteiger partial charge in [-0.1, -0.05) is 0 Å². The van der Waals surface area contributed by atoms with E-state index >= 15 is 0 Å². The summed E-state index contributed by atoms with van der Waals surface area (Å²) < 4.78 is 46.3. The van der Waals surface area contributed by atoms with Crippen molar-refractivity contribution in [2.45, 2.75) is 31.1 Å². The molecular weight excluding hydrogens is 371 g/mol. The number of aryl methyl sites for hydroxylation is 1. The largest absolute Gasteiger partial charge is 0.495 e. The molecule has 2 aromatic carbocycles. The van der Waals surface area contributed by atoms with Gasteiger partial charge in [0.2, 0.25) is 5.91 Å². The quantitative estimate of drug-likeness (QED) is 0.846. The normalized spacial score (nSPS) is 14.9. The van der Waals surface area contributed by atoms with Gasteiger partial charge >= 0.3 is 0 Å². The number of carbonyl (C=O) groups is 1. The van der Waals surface area contributed by atoms with Crippen LogP contribution in [-0.2, 0) is 14.8 Å². The molecule has 144 valence electrons. The van der Waals surface area contributed by atoms with E-state index in [9.17, 15) is 17.6 Å². The molecule has 1 fully saturated rings. The molecule has 0 saturated carbocycles. The number of piperidine rings is 1. The number of rotatable bonds is 5. The summed E-state index contributed by atoms with van der Waals surface area (Å²) in [6.07, 6.45) is 2.36. The van der Waals surface area contributed by atoms with Crippen molar-refractivity contribution in [1.29, 1.82) is 0 Å². The lowest BCUT2D eigenvalue weighted by Gasteiger charge is -2.28. The molecule has 1 N–H and O–H groups in total. The molecule has 3 rings (SSSR count). The van der Waals surface area contributed by atoms with Crippen molar-refractivity contribution in [2.75, 3.05) is 23.3 Å². The van der Waals surface area contributed by atoms with Gasteiger partial charge in [0.15, 0.2) is 0 Å². The minimum atomic E-state index is -4.04. The van der Waals surface area contributed by atoms with E-state index in [0.717, 1.165) is 36.2 Å². The number of carbonyl (C=O) groups excluding carboxylic acids is 1. The number of nitrogens with zero attached hydrogens (tertiary/aromatic N) is 1. The summed E-state index contributed by atoms with van der Waals surface area (Å²) in [6, 6.07) is 8.27. The van der Waals surface area contributed by atoms with Gasteiger partial charge in [-0.25, -0.2) is 12.8 Å². The number of ether oxygens (including phenoxy) is 1. The van der Waals surface area contributed by atoms with Crippen LogP contribution in [0.25, 0.3) is 0 Å². The molecular formula is C19H21FN2O4S. The Hall–Kier alpha value is -2.61. The number of anilines is 2. The molecule has 1 aliphatic heterocycles. The molecule has 0 aromatic heterocycles. The Kier molecular flexibility index (Phi) is 5.36. The Morgan fingerprint density at radius 1 is 1.15 bits per heavy atom. The van der Waals surface area contributed by atoms with Gasteiger partial charge in [-0.15, -0.1) is 0 Å². The zero-order valence-electron chi connectivity index (χ0n) is 15.2. The smallest absolute Gasteiger partial charge is 0.265 e. The SMILES string of the molecule is COc1ccc(F)cc1S(=O)(=O)Nc1ccc(N2CCCCC2=O)c(C)c1. The Morgan fingerprint density at radius 3 is 2.59 bits per heavy atom. The fraction of sp³-hybridized carbons (Fsp3) is 0.316. The average Bonchev–Trinajstić information content (AvgIpc) is 2.62. The van der Waals surface area contributed by atoms with Gasteiger partial charge in [0.25, 0.3) is 10.0 Å². The molecule has 0 unspecified atom stereocenters. The summed E-state index contributed by atoms with van der Waals surface area (Å²) in [5.41, 5.74) is 1.87. The van der Waals surface area contributed by atoms with Crippen molar-refractivity contribution >= 4 is 27.3 Å². The summed E-state index contributed by atoms with van der Waals surface area (Å²) in [5.74, 6) is -0.551. The second kappa shape index (κ2) is 7.56. The van der Waals surface area contributed by atoms with E-state index in [2.05, 4.69) is 4.72 Å². The molecule has 1 amide bonds. The molecule has 0 radical (unpaired) electrons. The molecule has 1 saturated heterocycles. The summed E-state index contributed by atoms with van der Waals surface area (Å²) in [4.78, 5) is 13.6. The molecule has 8 heteroatoms. The first-order chi connectivity index (χ1) is 12.8. The Labute approximate surface area is 158 Å². The molecule has 0 aliphatic carbocycles. The Bertz CT molecular complexity index is 976. The standard InChI is InChI=1S/C19H21FN2O4S/c1-13-11-15(7-8-16(13)22-10-4-3-5-19(22)23)21-27(24,25)18-12-14(20)6-9-17(18)26-2/h6-9,11-12,21H,3-5,10H2,1-2H3. The first-order valence-electron chi connectivity index (χ1n) is 8.59. The fourth-order valence-electron chi connectivity index (χ4n) is 3.15. The number of methoxy groups -OCH3 is 1. The van der Waals surface area contributed by atoms with Crippen LogP contribution in [0.3, 0.4) is 0 Å². The van der Waals surface area contributed by atoms with Gasteiger partial charge in [-0.05, 0) is 61.7 Å². The summed E-state index contributed by atoms with van der Waals surface area (Å²) >= 11 is 0. The number of halogens is 1. The van der Waals surface area contributed by atoms with Crippen LogP contribution < -0.4 is 14.4 Å². The van der Waals surface area contributed by atoms with Crippen molar-refractivity contribution in [3.63, 3.8) is 0 Å². The maximum atomic E-state index is 13.5. The van der Waals surface area contributed by atoms with Gasteiger partial charge in [-0.2, -0.15) is 0 Å². The Balaban J connectivity index is 1.89. The lowest BCUT2D eigenvalue weighted by atomic mass is 10.1. The highest BCUT2D eigenvalue weighted by Gasteiger charge is 2.23. The van der Waals surface area contributed by atoms with E-state index in [1.165, 1.54) is 13.2 Å². The molecule has 1 aliphatic rings. The van der Waals surface area contributed by atoms with Crippen LogP contribution in [0.1, 0.15) is 24.8 Å². The maximum Gasteiger partial charge on any atom is 0.265 e. The average molecular weight is 392 g/mol. The number of sulfonamides is 1. The molecule has 0 atom stereocenters. The van der Waals surface area contributed by atoms with Gasteiger partial charge in [0.05, 0.1) is 7.11 Å². The lowest BCUT2D eigenvalue weighted by Crippen LogP contribution is -2.35. The third kappa shape index (κ3) is 4.05. The zero-order valence-corrected chi connectivity index (χ0v) is 16.0. The van der Waals surface area contributed by atoms with Gasteiger partial charge < -0.3 is 9.64 Å². The van der Waals surface area contributed by atoms with Crippen molar-refractivity contribution in [2.24, 2.45) is 0 Å². The monoisotopic (exact) mass is 392 g/mol. The van der Waals surface area contributed by atoms with Crippen LogP contribution in [0.4, 0.5) is 15.8 Å². The minimum Gasteiger partial charge on any atom is -0.495 e. The van der Waals surface area contributed by atoms with Gasteiger partial charge in [-0.3, -0.25) is 9.52 Å². The Morgan fingerprint density at radius 2 is 1.93 bits per heavy atom. The zero-order chi connectivity index (χ0) is 19.6. The van der Waals surface area contributed by atoms with Crippen LogP contribution in [0, 0.1) is 12.7 Å². The second-order valence-electron chi connectivity index (χ2n) is 6.40. The molecule has 0 bridgehead atoms. The summed E-state index contributed by atoms with van der Waals surface area (Å²) in [5, 5.41) is 0. The van der Waals surface area contributed by atoms with Gasteiger partial charge in [0.1, 0.15) is 16.5 Å². The van der Waals surface area contributed by atoms with E-state index in [1.807, 2.05) is 6.92 Å². The molecule has 27 heavy (non-hydrogen) atoms. The number of hydrogen-bond donors (Lipinski definition) is 1. The van der Waals surface area contributed by atoms with E-state index < -0.39 is 15.8 Å². The predicted octanol–water partition coefficient (Wildman–Crippen LogP) is 3.46. The van der Waals surface area contributed by atoms with Crippen LogP contribution in [0.15, 0.2) is 41.3 Å². The van der Waals surface area contributed by atoms with Crippen LogP contribution in [-0.4, -0.2) is 28.0 Å². The molecule has 6 nitrogen and oxygen atoms in total. The maximum absolute atomic E-state index is 13.5. The highest BCUT2D eigenvalue weighted by molar-refractivity contribution is 7.92. The lowest BCUT2D eigenvalue weighted by molar-refractivity contribution is -0.119. The molecule has 2 aromatic rings. The van der Waals surface area contributed by atoms with Crippen molar-refractivity contribution in [3.05, 3.63) is 47.8 Å². The van der Waals surface area contributed by atoms with E-state index in [4.69, 9.17) is 4.74 Å². The summed E-state index contributed by atoms with van der Waals surface area (Å²) in [6.45, 7) is 2.48. The van der Waals surface area contributed by atoms with E-state index in [0.29, 0.717) is 18.7 Å². The second-order valence-corrected chi connectivity index (χ2v) is 8.06.